The van der Waals surface area contributed by atoms with Gasteiger partial charge in [-0.25, -0.2) is 0 Å². The van der Waals surface area contributed by atoms with E-state index in [1.807, 2.05) is 18.1 Å². The van der Waals surface area contributed by atoms with E-state index in [2.05, 4.69) is 42.7 Å². The SMILES string of the molecule is C[C@]12CC[C@H](SCCN3CCCC3)CC1=CC[C@@H]1[C@@H]2CC[C@]2(C)[C@@H](c3ccoc3)C[C@H]3O[C@]132. The quantitative estimate of drug-likeness (QED) is 0.358. The first-order valence-electron chi connectivity index (χ1n) is 13.8. The Morgan fingerprint density at radius 3 is 2.82 bits per heavy atom. The molecule has 180 valence electrons. The summed E-state index contributed by atoms with van der Waals surface area (Å²) < 4.78 is 12.2. The van der Waals surface area contributed by atoms with Gasteiger partial charge < -0.3 is 14.1 Å². The first-order chi connectivity index (χ1) is 16.0. The zero-order valence-corrected chi connectivity index (χ0v) is 21.4. The predicted octanol–water partition coefficient (Wildman–Crippen LogP) is 6.65. The summed E-state index contributed by atoms with van der Waals surface area (Å²) in [6.45, 7) is 9.18. The van der Waals surface area contributed by atoms with Crippen LogP contribution in [0.1, 0.15) is 83.1 Å². The third kappa shape index (κ3) is 3.02. The molecule has 3 saturated carbocycles. The van der Waals surface area contributed by atoms with Crippen molar-refractivity contribution < 1.29 is 9.15 Å². The second kappa shape index (κ2) is 7.64. The van der Waals surface area contributed by atoms with Crippen molar-refractivity contribution in [3.05, 3.63) is 35.8 Å². The fraction of sp³-hybridized carbons (Fsp3) is 0.793. The molecule has 4 heteroatoms. The average Bonchev–Trinajstić information content (AvgIpc) is 3.23. The second-order valence-corrected chi connectivity index (χ2v) is 14.0. The van der Waals surface area contributed by atoms with Gasteiger partial charge in [-0.2, -0.15) is 11.8 Å². The Labute approximate surface area is 204 Å². The van der Waals surface area contributed by atoms with E-state index in [0.717, 1.165) is 11.2 Å². The lowest BCUT2D eigenvalue weighted by Gasteiger charge is -2.58. The topological polar surface area (TPSA) is 28.9 Å². The van der Waals surface area contributed by atoms with Gasteiger partial charge in [-0.05, 0) is 106 Å². The van der Waals surface area contributed by atoms with Crippen LogP contribution in [0.4, 0.5) is 0 Å². The zero-order chi connectivity index (χ0) is 22.3. The molecule has 33 heavy (non-hydrogen) atoms. The van der Waals surface area contributed by atoms with Gasteiger partial charge in [0.1, 0.15) is 5.60 Å². The summed E-state index contributed by atoms with van der Waals surface area (Å²) in [6, 6.07) is 2.21. The Morgan fingerprint density at radius 1 is 1.12 bits per heavy atom. The van der Waals surface area contributed by atoms with Crippen LogP contribution in [0.15, 0.2) is 34.7 Å². The minimum atomic E-state index is 0.129. The lowest BCUT2D eigenvalue weighted by Crippen LogP contribution is -2.55. The van der Waals surface area contributed by atoms with Gasteiger partial charge in [0.2, 0.25) is 0 Å². The number of fused-ring (bicyclic) bond motifs is 3. The summed E-state index contributed by atoms with van der Waals surface area (Å²) in [4.78, 5) is 2.67. The molecule has 0 N–H and O–H groups in total. The molecule has 1 aromatic heterocycles. The lowest BCUT2D eigenvalue weighted by atomic mass is 9.46. The Balaban J connectivity index is 1.08. The summed E-state index contributed by atoms with van der Waals surface area (Å²) in [6.07, 6.45) is 19.2. The van der Waals surface area contributed by atoms with Crippen molar-refractivity contribution in [3.8, 4) is 0 Å². The van der Waals surface area contributed by atoms with Gasteiger partial charge in [-0.15, -0.1) is 0 Å². The van der Waals surface area contributed by atoms with E-state index in [9.17, 15) is 0 Å². The molecule has 6 aliphatic rings. The highest BCUT2D eigenvalue weighted by Crippen LogP contribution is 2.77. The summed E-state index contributed by atoms with van der Waals surface area (Å²) in [5, 5.41) is 0.845. The molecule has 2 saturated heterocycles. The van der Waals surface area contributed by atoms with E-state index in [0.29, 0.717) is 23.4 Å². The number of hydrogen-bond donors (Lipinski definition) is 0. The largest absolute Gasteiger partial charge is 0.472 e. The van der Waals surface area contributed by atoms with Crippen LogP contribution < -0.4 is 0 Å². The number of furan rings is 1. The van der Waals surface area contributed by atoms with Gasteiger partial charge in [0.15, 0.2) is 0 Å². The third-order valence-electron chi connectivity index (χ3n) is 11.4. The molecule has 0 amide bonds. The van der Waals surface area contributed by atoms with Crippen molar-refractivity contribution in [2.75, 3.05) is 25.4 Å². The van der Waals surface area contributed by atoms with Gasteiger partial charge in [0, 0.05) is 23.0 Å². The van der Waals surface area contributed by atoms with Crippen LogP contribution in [0.2, 0.25) is 0 Å². The lowest BCUT2D eigenvalue weighted by molar-refractivity contribution is -0.0705. The molecule has 4 aliphatic carbocycles. The average molecular weight is 468 g/mol. The van der Waals surface area contributed by atoms with Gasteiger partial charge in [0.25, 0.3) is 0 Å². The van der Waals surface area contributed by atoms with E-state index in [1.165, 1.54) is 88.7 Å². The van der Waals surface area contributed by atoms with E-state index in [4.69, 9.17) is 9.15 Å². The summed E-state index contributed by atoms with van der Waals surface area (Å²) in [7, 11) is 0. The van der Waals surface area contributed by atoms with Crippen molar-refractivity contribution in [3.63, 3.8) is 0 Å². The van der Waals surface area contributed by atoms with Crippen LogP contribution in [-0.4, -0.2) is 47.2 Å². The molecule has 1 aromatic rings. The molecule has 0 radical (unpaired) electrons. The first-order valence-corrected chi connectivity index (χ1v) is 14.8. The molecule has 3 nitrogen and oxygen atoms in total. The summed E-state index contributed by atoms with van der Waals surface area (Å²) in [5.74, 6) is 3.46. The van der Waals surface area contributed by atoms with Gasteiger partial charge in [-0.3, -0.25) is 0 Å². The highest BCUT2D eigenvalue weighted by molar-refractivity contribution is 7.99. The van der Waals surface area contributed by atoms with Crippen molar-refractivity contribution in [2.24, 2.45) is 22.7 Å². The van der Waals surface area contributed by atoms with Gasteiger partial charge >= 0.3 is 0 Å². The number of allylic oxidation sites excluding steroid dienone is 2. The fourth-order valence-corrected chi connectivity index (χ4v) is 10.8. The molecule has 7 rings (SSSR count). The molecule has 3 heterocycles. The highest BCUT2D eigenvalue weighted by Gasteiger charge is 2.80. The maximum Gasteiger partial charge on any atom is 0.104 e. The smallest absolute Gasteiger partial charge is 0.104 e. The molecule has 0 bridgehead atoms. The molecular weight excluding hydrogens is 426 g/mol. The van der Waals surface area contributed by atoms with Crippen molar-refractivity contribution in [2.45, 2.75) is 94.5 Å². The van der Waals surface area contributed by atoms with Gasteiger partial charge in [0.05, 0.1) is 18.6 Å². The van der Waals surface area contributed by atoms with Crippen molar-refractivity contribution in [1.82, 2.24) is 4.90 Å². The second-order valence-electron chi connectivity index (χ2n) is 12.6. The Kier molecular flexibility index (Phi) is 4.99. The standard InChI is InChI=1S/C29H41NO2S/c1-27-10-7-22(33-16-14-30-12-3-4-13-30)17-21(27)5-6-24-23(27)8-11-28(2)25(20-9-15-31-19-20)18-26-29(24,28)32-26/h5,9,15,19,22-26H,3-4,6-8,10-14,16-18H2,1-2H3/t22-,23-,24+,25+,26+,27-,28+,29+/m0/s1. The maximum atomic E-state index is 6.72. The van der Waals surface area contributed by atoms with E-state index in [1.54, 1.807) is 0 Å². The molecule has 1 spiro atoms. The minimum absolute atomic E-state index is 0.129. The Morgan fingerprint density at radius 2 is 2.00 bits per heavy atom. The minimum Gasteiger partial charge on any atom is -0.472 e. The highest BCUT2D eigenvalue weighted by atomic mass is 32.2. The van der Waals surface area contributed by atoms with Crippen molar-refractivity contribution in [1.29, 1.82) is 0 Å². The number of hydrogen-bond acceptors (Lipinski definition) is 4. The third-order valence-corrected chi connectivity index (χ3v) is 12.7. The van der Waals surface area contributed by atoms with Crippen LogP contribution in [0.5, 0.6) is 0 Å². The number of rotatable bonds is 5. The van der Waals surface area contributed by atoms with Crippen LogP contribution in [0.3, 0.4) is 0 Å². The van der Waals surface area contributed by atoms with Crippen LogP contribution in [0.25, 0.3) is 0 Å². The number of thioether (sulfide) groups is 1. The van der Waals surface area contributed by atoms with E-state index in [-0.39, 0.29) is 11.0 Å². The number of epoxide rings is 1. The fourth-order valence-electron chi connectivity index (χ4n) is 9.54. The molecule has 0 aromatic carbocycles. The van der Waals surface area contributed by atoms with E-state index >= 15 is 0 Å². The van der Waals surface area contributed by atoms with Gasteiger partial charge in [-0.1, -0.05) is 25.5 Å². The zero-order valence-electron chi connectivity index (χ0n) is 20.6. The molecule has 5 fully saturated rings. The van der Waals surface area contributed by atoms with Crippen LogP contribution >= 0.6 is 11.8 Å². The van der Waals surface area contributed by atoms with E-state index < -0.39 is 0 Å². The summed E-state index contributed by atoms with van der Waals surface area (Å²) >= 11 is 2.27. The maximum absolute atomic E-state index is 6.72. The molecule has 8 atom stereocenters. The number of likely N-dealkylation sites (tertiary alicyclic amines) is 1. The monoisotopic (exact) mass is 467 g/mol. The Hall–Kier alpha value is -0.710. The van der Waals surface area contributed by atoms with Crippen LogP contribution in [0, 0.1) is 22.7 Å². The summed E-state index contributed by atoms with van der Waals surface area (Å²) in [5.41, 5.74) is 4.04. The van der Waals surface area contributed by atoms with Crippen molar-refractivity contribution >= 4 is 11.8 Å². The normalized spacial score (nSPS) is 48.5. The number of nitrogens with zero attached hydrogens (tertiary/aromatic N) is 1. The molecule has 0 unspecified atom stereocenters. The molecular formula is C29H41NO2S. The molecule has 2 aliphatic heterocycles. The Bertz CT molecular complexity index is 922. The predicted molar refractivity (Wildman–Crippen MR) is 135 cm³/mol. The van der Waals surface area contributed by atoms with Crippen LogP contribution in [-0.2, 0) is 4.74 Å². The number of ether oxygens (including phenoxy) is 1. The first kappa shape index (κ1) is 21.6.